The highest BCUT2D eigenvalue weighted by atomic mass is 31.2. The van der Waals surface area contributed by atoms with E-state index in [0.717, 1.165) is 48.8 Å². The number of nitrogens with one attached hydrogen (secondary N) is 1. The molecule has 3 atom stereocenters. The minimum absolute atomic E-state index is 0.00726. The first-order valence-corrected chi connectivity index (χ1v) is 14.2. The molecular weight excluding hydrogens is 439 g/mol. The maximum absolute atomic E-state index is 13.4. The summed E-state index contributed by atoms with van der Waals surface area (Å²) in [4.78, 5) is 38.8. The molecule has 0 spiro atoms. The van der Waals surface area contributed by atoms with Gasteiger partial charge < -0.3 is 24.6 Å². The van der Waals surface area contributed by atoms with Crippen LogP contribution in [0, 0.1) is 11.8 Å². The summed E-state index contributed by atoms with van der Waals surface area (Å²) in [5, 5.41) is 2.88. The van der Waals surface area contributed by atoms with E-state index < -0.39 is 7.60 Å². The SMILES string of the molecule is O=c1c(NCCP(=O)(O)O)nc2ccccc2n1C1CCN([C@H]2C[C@@H]3CCC[C@@H](C3)C2)CC1. The Hall–Kier alpha value is -1.73. The molecule has 3 N–H and O–H groups in total. The summed E-state index contributed by atoms with van der Waals surface area (Å²) in [5.74, 6) is 1.99. The van der Waals surface area contributed by atoms with Gasteiger partial charge in [-0.05, 0) is 56.1 Å². The molecule has 2 bridgehead atoms. The number of aromatic nitrogens is 2. The van der Waals surface area contributed by atoms with Gasteiger partial charge in [-0.1, -0.05) is 31.4 Å². The summed E-state index contributed by atoms with van der Waals surface area (Å²) >= 11 is 0. The summed E-state index contributed by atoms with van der Waals surface area (Å²) in [6.07, 6.45) is 9.86. The van der Waals surface area contributed by atoms with Crippen LogP contribution in [0.15, 0.2) is 29.1 Å². The maximum atomic E-state index is 13.4. The van der Waals surface area contributed by atoms with Crippen LogP contribution in [0.4, 0.5) is 5.82 Å². The number of nitrogens with zero attached hydrogens (tertiary/aromatic N) is 3. The van der Waals surface area contributed by atoms with Crippen molar-refractivity contribution in [2.45, 2.75) is 63.5 Å². The third-order valence-electron chi connectivity index (χ3n) is 7.97. The third-order valence-corrected chi connectivity index (χ3v) is 8.78. The Labute approximate surface area is 194 Å². The second-order valence-corrected chi connectivity index (χ2v) is 12.0. The highest BCUT2D eigenvalue weighted by Gasteiger charge is 2.36. The largest absolute Gasteiger partial charge is 0.365 e. The smallest absolute Gasteiger partial charge is 0.327 e. The van der Waals surface area contributed by atoms with Crippen molar-refractivity contribution in [1.29, 1.82) is 0 Å². The van der Waals surface area contributed by atoms with Crippen molar-refractivity contribution in [3.63, 3.8) is 0 Å². The lowest BCUT2D eigenvalue weighted by Crippen LogP contribution is -2.47. The van der Waals surface area contributed by atoms with Crippen LogP contribution in [0.25, 0.3) is 11.0 Å². The van der Waals surface area contributed by atoms with Gasteiger partial charge in [0.05, 0.1) is 17.2 Å². The van der Waals surface area contributed by atoms with Crippen molar-refractivity contribution in [2.24, 2.45) is 11.8 Å². The molecule has 0 unspecified atom stereocenters. The molecule has 1 aromatic heterocycles. The Morgan fingerprint density at radius 3 is 2.39 bits per heavy atom. The minimum atomic E-state index is -4.14. The van der Waals surface area contributed by atoms with Gasteiger partial charge in [0.2, 0.25) is 0 Å². The van der Waals surface area contributed by atoms with Gasteiger partial charge in [0.1, 0.15) is 0 Å². The van der Waals surface area contributed by atoms with Crippen LogP contribution in [-0.4, -0.2) is 56.1 Å². The predicted octanol–water partition coefficient (Wildman–Crippen LogP) is 3.59. The fourth-order valence-corrected chi connectivity index (χ4v) is 6.86. The van der Waals surface area contributed by atoms with Crippen LogP contribution < -0.4 is 10.9 Å². The molecule has 2 saturated carbocycles. The van der Waals surface area contributed by atoms with Crippen molar-refractivity contribution in [3.8, 4) is 0 Å². The number of piperidine rings is 1. The molecule has 1 aliphatic heterocycles. The first-order valence-electron chi connectivity index (χ1n) is 12.4. The molecule has 8 nitrogen and oxygen atoms in total. The van der Waals surface area contributed by atoms with Crippen LogP contribution in [0.3, 0.4) is 0 Å². The van der Waals surface area contributed by atoms with E-state index in [1.54, 1.807) is 0 Å². The van der Waals surface area contributed by atoms with Crippen LogP contribution in [0.1, 0.15) is 57.4 Å². The second-order valence-electron chi connectivity index (χ2n) is 10.2. The van der Waals surface area contributed by atoms with Gasteiger partial charge in [0.15, 0.2) is 5.82 Å². The Balaban J connectivity index is 1.33. The number of hydrogen-bond acceptors (Lipinski definition) is 5. The van der Waals surface area contributed by atoms with Gasteiger partial charge in [0.25, 0.3) is 5.56 Å². The molecule has 0 amide bonds. The quantitative estimate of drug-likeness (QED) is 0.549. The van der Waals surface area contributed by atoms with Crippen LogP contribution in [0.5, 0.6) is 0 Å². The van der Waals surface area contributed by atoms with Gasteiger partial charge in [-0.2, -0.15) is 0 Å². The molecule has 3 fully saturated rings. The molecule has 33 heavy (non-hydrogen) atoms. The van der Waals surface area contributed by atoms with Gasteiger partial charge >= 0.3 is 7.60 Å². The van der Waals surface area contributed by atoms with Crippen LogP contribution in [-0.2, 0) is 4.57 Å². The van der Waals surface area contributed by atoms with Crippen LogP contribution >= 0.6 is 7.60 Å². The van der Waals surface area contributed by atoms with Crippen molar-refractivity contribution in [3.05, 3.63) is 34.6 Å². The van der Waals surface area contributed by atoms with E-state index in [0.29, 0.717) is 6.04 Å². The second kappa shape index (κ2) is 9.49. The number of benzene rings is 1. The summed E-state index contributed by atoms with van der Waals surface area (Å²) in [6.45, 7) is 2.03. The molecule has 0 radical (unpaired) electrons. The number of anilines is 1. The Kier molecular flexibility index (Phi) is 6.62. The Bertz CT molecular complexity index is 1080. The topological polar surface area (TPSA) is 108 Å². The predicted molar refractivity (Wildman–Crippen MR) is 130 cm³/mol. The highest BCUT2D eigenvalue weighted by molar-refractivity contribution is 7.51. The number of likely N-dealkylation sites (tertiary alicyclic amines) is 1. The number of para-hydroxylation sites is 2. The van der Waals surface area contributed by atoms with Gasteiger partial charge in [-0.15, -0.1) is 0 Å². The van der Waals surface area contributed by atoms with Crippen molar-refractivity contribution in [2.75, 3.05) is 31.1 Å². The van der Waals surface area contributed by atoms with Gasteiger partial charge in [-0.25, -0.2) is 4.98 Å². The first kappa shape index (κ1) is 23.0. The Morgan fingerprint density at radius 2 is 1.70 bits per heavy atom. The number of fused-ring (bicyclic) bond motifs is 3. The average Bonchev–Trinajstić information content (AvgIpc) is 2.79. The van der Waals surface area contributed by atoms with E-state index in [9.17, 15) is 9.36 Å². The van der Waals surface area contributed by atoms with Crippen molar-refractivity contribution in [1.82, 2.24) is 14.5 Å². The highest BCUT2D eigenvalue weighted by Crippen LogP contribution is 2.42. The number of hydrogen-bond donors (Lipinski definition) is 3. The van der Waals surface area contributed by atoms with Crippen molar-refractivity contribution < 1.29 is 14.4 Å². The zero-order valence-electron chi connectivity index (χ0n) is 19.1. The molecular formula is C24H35N4O4P. The molecule has 180 valence electrons. The molecule has 2 aliphatic carbocycles. The third kappa shape index (κ3) is 5.19. The number of rotatable bonds is 6. The van der Waals surface area contributed by atoms with E-state index in [-0.39, 0.29) is 30.1 Å². The lowest BCUT2D eigenvalue weighted by Gasteiger charge is -2.46. The molecule has 1 saturated heterocycles. The summed E-state index contributed by atoms with van der Waals surface area (Å²) in [7, 11) is -4.14. The first-order chi connectivity index (χ1) is 15.9. The van der Waals surface area contributed by atoms with E-state index in [2.05, 4.69) is 15.2 Å². The average molecular weight is 475 g/mol. The molecule has 2 heterocycles. The summed E-state index contributed by atoms with van der Waals surface area (Å²) in [6, 6.07) is 8.45. The van der Waals surface area contributed by atoms with Crippen molar-refractivity contribution >= 4 is 24.4 Å². The fraction of sp³-hybridized carbons (Fsp3) is 0.667. The van der Waals surface area contributed by atoms with E-state index >= 15 is 0 Å². The van der Waals surface area contributed by atoms with Crippen LogP contribution in [0.2, 0.25) is 0 Å². The minimum Gasteiger partial charge on any atom is -0.365 e. The lowest BCUT2D eigenvalue weighted by molar-refractivity contribution is 0.0509. The molecule has 1 aromatic carbocycles. The lowest BCUT2D eigenvalue weighted by atomic mass is 9.70. The Morgan fingerprint density at radius 1 is 1.00 bits per heavy atom. The monoisotopic (exact) mass is 474 g/mol. The summed E-state index contributed by atoms with van der Waals surface area (Å²) < 4.78 is 13.1. The van der Waals surface area contributed by atoms with E-state index in [4.69, 9.17) is 9.79 Å². The zero-order valence-corrected chi connectivity index (χ0v) is 20.0. The van der Waals surface area contributed by atoms with E-state index in [1.807, 2.05) is 28.8 Å². The van der Waals surface area contributed by atoms with E-state index in [1.165, 1.54) is 38.5 Å². The fourth-order valence-electron chi connectivity index (χ4n) is 6.46. The molecule has 9 heteroatoms. The molecule has 2 aromatic rings. The summed E-state index contributed by atoms with van der Waals surface area (Å²) in [5.41, 5.74) is 1.34. The molecule has 3 aliphatic rings. The standard InChI is InChI=1S/C24H35N4O4P/c29-24-23(25-10-13-33(30,31)32)26-21-6-1-2-7-22(21)28(24)19-8-11-27(12-9-19)20-15-17-4-3-5-18(14-17)16-20/h1-2,6-7,17-20H,3-5,8-16H2,(H,25,26)(H2,30,31,32)/t17-,18+,20+. The molecule has 5 rings (SSSR count). The zero-order chi connectivity index (χ0) is 23.0. The normalized spacial score (nSPS) is 27.0. The van der Waals surface area contributed by atoms with Gasteiger partial charge in [0, 0.05) is 31.7 Å². The maximum Gasteiger partial charge on any atom is 0.327 e. The van der Waals surface area contributed by atoms with Gasteiger partial charge in [-0.3, -0.25) is 9.36 Å².